The molecular weight excluding hydrogens is 364 g/mol. The first-order valence-electron chi connectivity index (χ1n) is 9.41. The summed E-state index contributed by atoms with van der Waals surface area (Å²) < 4.78 is 2.20. The molecular formula is C24H20N2OS. The lowest BCUT2D eigenvalue weighted by Crippen LogP contribution is -2.12. The fourth-order valence-corrected chi connectivity index (χ4v) is 5.03. The first-order chi connectivity index (χ1) is 13.8. The Bertz CT molecular complexity index is 1150. The maximum atomic E-state index is 10.1. The van der Waals surface area contributed by atoms with Gasteiger partial charge in [-0.15, -0.1) is 0 Å². The molecule has 1 unspecified atom stereocenters. The topological polar surface area (TPSA) is 38.0 Å². The smallest absolute Gasteiger partial charge is 0.136 e. The van der Waals surface area contributed by atoms with Gasteiger partial charge in [0, 0.05) is 20.9 Å². The molecule has 0 saturated carbocycles. The van der Waals surface area contributed by atoms with Crippen LogP contribution in [0.25, 0.3) is 22.5 Å². The minimum Gasteiger partial charge on any atom is -0.388 e. The van der Waals surface area contributed by atoms with Crippen LogP contribution in [0.4, 0.5) is 0 Å². The second kappa shape index (κ2) is 6.97. The highest BCUT2D eigenvalue weighted by Crippen LogP contribution is 2.48. The molecule has 28 heavy (non-hydrogen) atoms. The summed E-state index contributed by atoms with van der Waals surface area (Å²) >= 11 is 1.78. The van der Waals surface area contributed by atoms with Gasteiger partial charge in [-0.05, 0) is 24.6 Å². The van der Waals surface area contributed by atoms with E-state index in [1.165, 1.54) is 15.4 Å². The zero-order valence-electron chi connectivity index (χ0n) is 15.5. The number of imidazole rings is 1. The van der Waals surface area contributed by atoms with Crippen molar-refractivity contribution < 1.29 is 5.11 Å². The van der Waals surface area contributed by atoms with Crippen molar-refractivity contribution in [3.05, 3.63) is 90.3 Å². The molecule has 3 aromatic carbocycles. The summed E-state index contributed by atoms with van der Waals surface area (Å²) in [5, 5.41) is 10.1. The Kier molecular flexibility index (Phi) is 4.30. The number of nitrogens with zero attached hydrogens (tertiary/aromatic N) is 2. The van der Waals surface area contributed by atoms with Crippen molar-refractivity contribution in [2.24, 2.45) is 0 Å². The summed E-state index contributed by atoms with van der Waals surface area (Å²) in [5.41, 5.74) is 5.49. The van der Waals surface area contributed by atoms with Gasteiger partial charge in [-0.2, -0.15) is 0 Å². The van der Waals surface area contributed by atoms with Gasteiger partial charge in [-0.3, -0.25) is 0 Å². The quantitative estimate of drug-likeness (QED) is 0.428. The summed E-state index contributed by atoms with van der Waals surface area (Å²) in [4.78, 5) is 7.31. The number of fused-ring (bicyclic) bond motifs is 5. The van der Waals surface area contributed by atoms with Crippen molar-refractivity contribution in [2.75, 3.05) is 0 Å². The molecule has 1 N–H and O–H groups in total. The molecule has 0 aliphatic carbocycles. The minimum atomic E-state index is -0.0956. The fourth-order valence-electron chi connectivity index (χ4n) is 3.95. The number of rotatable bonds is 3. The van der Waals surface area contributed by atoms with Gasteiger partial charge in [0.2, 0.25) is 0 Å². The summed E-state index contributed by atoms with van der Waals surface area (Å²) in [6.07, 6.45) is 0. The Morgan fingerprint density at radius 2 is 1.46 bits per heavy atom. The number of hydrogen-bond acceptors (Lipinski definition) is 3. The number of hydrogen-bond donors (Lipinski definition) is 1. The molecule has 0 spiro atoms. The Morgan fingerprint density at radius 1 is 0.857 bits per heavy atom. The molecule has 2 heterocycles. The number of aromatic nitrogens is 2. The molecule has 1 atom stereocenters. The van der Waals surface area contributed by atoms with Gasteiger partial charge in [0.05, 0.1) is 17.4 Å². The van der Waals surface area contributed by atoms with E-state index in [4.69, 9.17) is 4.98 Å². The zero-order chi connectivity index (χ0) is 19.1. The minimum absolute atomic E-state index is 0.0583. The predicted octanol–water partition coefficient (Wildman–Crippen LogP) is 5.78. The van der Waals surface area contributed by atoms with E-state index in [-0.39, 0.29) is 12.6 Å². The van der Waals surface area contributed by atoms with E-state index in [0.29, 0.717) is 5.82 Å². The van der Waals surface area contributed by atoms with Crippen molar-refractivity contribution in [3.8, 4) is 22.5 Å². The van der Waals surface area contributed by atoms with E-state index in [1.807, 2.05) is 6.07 Å². The highest BCUT2D eigenvalue weighted by Gasteiger charge is 2.28. The molecule has 138 valence electrons. The lowest BCUT2D eigenvalue weighted by Gasteiger charge is -2.20. The first-order valence-corrected chi connectivity index (χ1v) is 10.2. The van der Waals surface area contributed by atoms with Crippen LogP contribution in [0.1, 0.15) is 24.4 Å². The van der Waals surface area contributed by atoms with Gasteiger partial charge in [0.1, 0.15) is 12.4 Å². The van der Waals surface area contributed by atoms with Gasteiger partial charge in [0.15, 0.2) is 0 Å². The molecule has 0 bridgehead atoms. The highest BCUT2D eigenvalue weighted by atomic mass is 32.2. The first kappa shape index (κ1) is 17.3. The summed E-state index contributed by atoms with van der Waals surface area (Å²) in [6.45, 7) is 2.07. The molecule has 1 aromatic heterocycles. The second-order valence-electron chi connectivity index (χ2n) is 6.93. The van der Waals surface area contributed by atoms with Crippen molar-refractivity contribution in [1.29, 1.82) is 0 Å². The Labute approximate surface area is 168 Å². The largest absolute Gasteiger partial charge is 0.388 e. The van der Waals surface area contributed by atoms with Crippen LogP contribution in [0, 0.1) is 0 Å². The molecule has 4 heteroatoms. The summed E-state index contributed by atoms with van der Waals surface area (Å²) in [5.74, 6) is 0.692. The summed E-state index contributed by atoms with van der Waals surface area (Å²) in [6, 6.07) is 27.3. The predicted molar refractivity (Wildman–Crippen MR) is 113 cm³/mol. The van der Waals surface area contributed by atoms with Crippen LogP contribution in [0.5, 0.6) is 0 Å². The third-order valence-electron chi connectivity index (χ3n) is 5.30. The van der Waals surface area contributed by atoms with E-state index < -0.39 is 0 Å². The van der Waals surface area contributed by atoms with Crippen LogP contribution in [0.3, 0.4) is 0 Å². The van der Waals surface area contributed by atoms with E-state index in [1.54, 1.807) is 11.8 Å². The lowest BCUT2D eigenvalue weighted by molar-refractivity contribution is 0.264. The fraction of sp³-hybridized carbons (Fsp3) is 0.125. The van der Waals surface area contributed by atoms with Gasteiger partial charge >= 0.3 is 0 Å². The molecule has 0 radical (unpaired) electrons. The SMILES string of the molecule is CC(c1ccccc1)n1c(CO)nc2c1-c1ccccc1Sc1ccccc1-2. The van der Waals surface area contributed by atoms with E-state index >= 15 is 0 Å². The van der Waals surface area contributed by atoms with Crippen LogP contribution in [0.2, 0.25) is 0 Å². The Hall–Kier alpha value is -2.82. The number of benzene rings is 3. The van der Waals surface area contributed by atoms with E-state index in [0.717, 1.165) is 22.5 Å². The van der Waals surface area contributed by atoms with Crippen molar-refractivity contribution in [1.82, 2.24) is 9.55 Å². The van der Waals surface area contributed by atoms with Gasteiger partial charge in [-0.1, -0.05) is 78.5 Å². The third-order valence-corrected chi connectivity index (χ3v) is 6.45. The molecule has 3 nitrogen and oxygen atoms in total. The Morgan fingerprint density at radius 3 is 2.18 bits per heavy atom. The molecule has 0 fully saturated rings. The van der Waals surface area contributed by atoms with E-state index in [2.05, 4.69) is 84.3 Å². The monoisotopic (exact) mass is 384 g/mol. The molecule has 5 rings (SSSR count). The lowest BCUT2D eigenvalue weighted by atomic mass is 10.0. The molecule has 4 aromatic rings. The summed E-state index contributed by atoms with van der Waals surface area (Å²) in [7, 11) is 0. The third kappa shape index (κ3) is 2.68. The van der Waals surface area contributed by atoms with Crippen molar-refractivity contribution in [3.63, 3.8) is 0 Å². The standard InChI is InChI=1S/C24H20N2OS/c1-16(17-9-3-2-4-10-17)26-22(15-27)25-23-18-11-5-7-13-20(18)28-21-14-8-6-12-19(21)24(23)26/h2-14,16,27H,15H2,1H3. The van der Waals surface area contributed by atoms with Crippen LogP contribution < -0.4 is 0 Å². The van der Waals surface area contributed by atoms with Crippen molar-refractivity contribution >= 4 is 11.8 Å². The molecule has 0 amide bonds. The van der Waals surface area contributed by atoms with Gasteiger partial charge < -0.3 is 9.67 Å². The number of aliphatic hydroxyl groups excluding tert-OH is 1. The van der Waals surface area contributed by atoms with Crippen LogP contribution in [-0.2, 0) is 6.61 Å². The molecule has 1 aliphatic rings. The normalized spacial score (nSPS) is 13.2. The second-order valence-corrected chi connectivity index (χ2v) is 8.02. The average Bonchev–Trinajstić information content (AvgIpc) is 3.07. The van der Waals surface area contributed by atoms with Gasteiger partial charge in [0.25, 0.3) is 0 Å². The van der Waals surface area contributed by atoms with Gasteiger partial charge in [-0.25, -0.2) is 4.98 Å². The highest BCUT2D eigenvalue weighted by molar-refractivity contribution is 7.99. The number of aliphatic hydroxyl groups is 1. The zero-order valence-corrected chi connectivity index (χ0v) is 16.4. The average molecular weight is 385 g/mol. The molecule has 1 aliphatic heterocycles. The van der Waals surface area contributed by atoms with Crippen LogP contribution >= 0.6 is 11.8 Å². The maximum absolute atomic E-state index is 10.1. The van der Waals surface area contributed by atoms with Crippen molar-refractivity contribution in [2.45, 2.75) is 29.4 Å². The maximum Gasteiger partial charge on any atom is 0.136 e. The molecule has 0 saturated heterocycles. The van der Waals surface area contributed by atoms with E-state index in [9.17, 15) is 5.11 Å². The Balaban J connectivity index is 1.85. The van der Waals surface area contributed by atoms with Crippen LogP contribution in [-0.4, -0.2) is 14.7 Å². The van der Waals surface area contributed by atoms with Crippen LogP contribution in [0.15, 0.2) is 88.7 Å².